The largest absolute Gasteiger partial charge is 0.393 e. The minimum absolute atomic E-state index is 0.125. The Morgan fingerprint density at radius 2 is 1.79 bits per heavy atom. The second-order valence-electron chi connectivity index (χ2n) is 5.08. The van der Waals surface area contributed by atoms with Crippen molar-refractivity contribution in [3.63, 3.8) is 0 Å². The molecule has 0 aliphatic heterocycles. The lowest BCUT2D eigenvalue weighted by molar-refractivity contribution is 0.0486. The monoisotopic (exact) mass is 266 g/mol. The number of rotatable bonds is 6. The number of hydrogen-bond acceptors (Lipinski definition) is 7. The zero-order chi connectivity index (χ0) is 13.8. The van der Waals surface area contributed by atoms with Crippen LogP contribution in [0.1, 0.15) is 19.8 Å². The highest BCUT2D eigenvalue weighted by molar-refractivity contribution is 5.42. The summed E-state index contributed by atoms with van der Waals surface area (Å²) < 4.78 is 0. The van der Waals surface area contributed by atoms with Gasteiger partial charge in [0.25, 0.3) is 0 Å². The molecule has 1 aromatic heterocycles. The van der Waals surface area contributed by atoms with Crippen molar-refractivity contribution in [2.75, 3.05) is 42.7 Å². The van der Waals surface area contributed by atoms with Gasteiger partial charge >= 0.3 is 0 Å². The first-order chi connectivity index (χ1) is 9.08. The number of hydrogen-bond donors (Lipinski definition) is 3. The molecule has 0 saturated heterocycles. The Bertz CT molecular complexity index is 419. The van der Waals surface area contributed by atoms with Gasteiger partial charge in [-0.2, -0.15) is 15.0 Å². The third-order valence-corrected chi connectivity index (χ3v) is 3.12. The Morgan fingerprint density at radius 3 is 2.32 bits per heavy atom. The molecule has 0 bridgehead atoms. The molecule has 1 aliphatic carbocycles. The molecule has 1 saturated carbocycles. The maximum Gasteiger partial charge on any atom is 0.231 e. The zero-order valence-corrected chi connectivity index (χ0v) is 11.7. The molecule has 7 nitrogen and oxygen atoms in total. The van der Waals surface area contributed by atoms with Crippen molar-refractivity contribution >= 4 is 17.8 Å². The molecule has 0 atom stereocenters. The molecule has 106 valence electrons. The molecule has 0 amide bonds. The second kappa shape index (κ2) is 6.01. The van der Waals surface area contributed by atoms with Crippen LogP contribution in [0, 0.1) is 5.92 Å². The average molecular weight is 266 g/mol. The highest BCUT2D eigenvalue weighted by atomic mass is 16.3. The molecule has 1 aliphatic rings. The Balaban J connectivity index is 2.01. The van der Waals surface area contributed by atoms with Gasteiger partial charge < -0.3 is 20.6 Å². The van der Waals surface area contributed by atoms with Crippen LogP contribution in [0.3, 0.4) is 0 Å². The van der Waals surface area contributed by atoms with E-state index in [1.54, 1.807) is 0 Å². The number of aromatic nitrogens is 3. The molecule has 19 heavy (non-hydrogen) atoms. The molecule has 2 rings (SSSR count). The number of nitrogens with one attached hydrogen (secondary N) is 2. The van der Waals surface area contributed by atoms with E-state index in [0.717, 1.165) is 25.9 Å². The number of aliphatic hydroxyl groups excluding tert-OH is 1. The molecule has 1 aromatic rings. The van der Waals surface area contributed by atoms with E-state index in [4.69, 9.17) is 0 Å². The van der Waals surface area contributed by atoms with Gasteiger partial charge in [-0.15, -0.1) is 0 Å². The predicted octanol–water partition coefficient (Wildman–Crippen LogP) is 0.552. The van der Waals surface area contributed by atoms with Gasteiger partial charge in [0.05, 0.1) is 6.10 Å². The smallest absolute Gasteiger partial charge is 0.231 e. The van der Waals surface area contributed by atoms with Crippen molar-refractivity contribution in [1.82, 2.24) is 15.0 Å². The topological polar surface area (TPSA) is 86.2 Å². The van der Waals surface area contributed by atoms with E-state index >= 15 is 0 Å². The van der Waals surface area contributed by atoms with Crippen LogP contribution in [0.5, 0.6) is 0 Å². The lowest BCUT2D eigenvalue weighted by Gasteiger charge is -2.31. The summed E-state index contributed by atoms with van der Waals surface area (Å²) in [7, 11) is 3.80. The molecule has 1 heterocycles. The Kier molecular flexibility index (Phi) is 4.36. The van der Waals surface area contributed by atoms with Crippen molar-refractivity contribution in [1.29, 1.82) is 0 Å². The summed E-state index contributed by atoms with van der Waals surface area (Å²) in [5, 5.41) is 15.6. The van der Waals surface area contributed by atoms with Crippen LogP contribution >= 0.6 is 0 Å². The molecule has 0 unspecified atom stereocenters. The van der Waals surface area contributed by atoms with E-state index in [1.807, 2.05) is 25.9 Å². The van der Waals surface area contributed by atoms with Gasteiger partial charge in [0.15, 0.2) is 0 Å². The molecule has 0 spiro atoms. The fraction of sp³-hybridized carbons (Fsp3) is 0.750. The lowest BCUT2D eigenvalue weighted by Crippen LogP contribution is -2.33. The zero-order valence-electron chi connectivity index (χ0n) is 11.7. The fourth-order valence-corrected chi connectivity index (χ4v) is 1.98. The molecule has 3 N–H and O–H groups in total. The molecule has 7 heteroatoms. The van der Waals surface area contributed by atoms with Crippen LogP contribution in [0.15, 0.2) is 0 Å². The first-order valence-corrected chi connectivity index (χ1v) is 6.67. The summed E-state index contributed by atoms with van der Waals surface area (Å²) in [6, 6.07) is 0. The Labute approximate surface area is 113 Å². The lowest BCUT2D eigenvalue weighted by atomic mass is 9.82. The van der Waals surface area contributed by atoms with E-state index in [-0.39, 0.29) is 6.10 Å². The van der Waals surface area contributed by atoms with Crippen LogP contribution in [-0.2, 0) is 0 Å². The van der Waals surface area contributed by atoms with Gasteiger partial charge in [0.1, 0.15) is 0 Å². The molecule has 1 fully saturated rings. The summed E-state index contributed by atoms with van der Waals surface area (Å²) in [5.74, 6) is 2.30. The first kappa shape index (κ1) is 13.8. The molecule has 0 aromatic carbocycles. The van der Waals surface area contributed by atoms with E-state index in [9.17, 15) is 5.11 Å². The van der Waals surface area contributed by atoms with E-state index < -0.39 is 0 Å². The summed E-state index contributed by atoms with van der Waals surface area (Å²) in [6.45, 7) is 3.56. The standard InChI is InChI=1S/C12H22N6O/c1-4-13-10-15-11(17-12(16-10)18(2)3)14-7-8-5-9(19)6-8/h8-9,19H,4-7H2,1-3H3,(H2,13,14,15,16,17). The van der Waals surface area contributed by atoms with Gasteiger partial charge in [-0.1, -0.05) is 0 Å². The summed E-state index contributed by atoms with van der Waals surface area (Å²) in [6.07, 6.45) is 1.59. The van der Waals surface area contributed by atoms with Crippen LogP contribution in [0.4, 0.5) is 17.8 Å². The van der Waals surface area contributed by atoms with Crippen molar-refractivity contribution in [3.8, 4) is 0 Å². The van der Waals surface area contributed by atoms with E-state index in [0.29, 0.717) is 23.8 Å². The van der Waals surface area contributed by atoms with Crippen LogP contribution < -0.4 is 15.5 Å². The summed E-state index contributed by atoms with van der Waals surface area (Å²) in [5.41, 5.74) is 0. The van der Waals surface area contributed by atoms with Crippen LogP contribution in [0.2, 0.25) is 0 Å². The van der Waals surface area contributed by atoms with Crippen LogP contribution in [0.25, 0.3) is 0 Å². The maximum atomic E-state index is 9.26. The Hall–Kier alpha value is -1.63. The Morgan fingerprint density at radius 1 is 1.16 bits per heavy atom. The van der Waals surface area contributed by atoms with Gasteiger partial charge in [-0.25, -0.2) is 0 Å². The van der Waals surface area contributed by atoms with Gasteiger partial charge in [-0.05, 0) is 25.7 Å². The third-order valence-electron chi connectivity index (χ3n) is 3.12. The van der Waals surface area contributed by atoms with E-state index in [1.165, 1.54) is 0 Å². The normalized spacial score (nSPS) is 21.7. The van der Waals surface area contributed by atoms with Gasteiger partial charge in [0, 0.05) is 27.2 Å². The van der Waals surface area contributed by atoms with Gasteiger partial charge in [-0.3, -0.25) is 0 Å². The van der Waals surface area contributed by atoms with Crippen molar-refractivity contribution in [2.24, 2.45) is 5.92 Å². The third kappa shape index (κ3) is 3.66. The van der Waals surface area contributed by atoms with E-state index in [2.05, 4.69) is 25.6 Å². The molecule has 0 radical (unpaired) electrons. The van der Waals surface area contributed by atoms with Crippen molar-refractivity contribution in [2.45, 2.75) is 25.9 Å². The first-order valence-electron chi connectivity index (χ1n) is 6.67. The van der Waals surface area contributed by atoms with Crippen molar-refractivity contribution in [3.05, 3.63) is 0 Å². The minimum Gasteiger partial charge on any atom is -0.393 e. The number of aliphatic hydroxyl groups is 1. The van der Waals surface area contributed by atoms with Gasteiger partial charge in [0.2, 0.25) is 17.8 Å². The minimum atomic E-state index is -0.125. The quantitative estimate of drug-likeness (QED) is 0.693. The summed E-state index contributed by atoms with van der Waals surface area (Å²) in [4.78, 5) is 14.8. The second-order valence-corrected chi connectivity index (χ2v) is 5.08. The highest BCUT2D eigenvalue weighted by Crippen LogP contribution is 2.27. The molecular formula is C12H22N6O. The molecular weight excluding hydrogens is 244 g/mol. The number of anilines is 3. The van der Waals surface area contributed by atoms with Crippen molar-refractivity contribution < 1.29 is 5.11 Å². The predicted molar refractivity (Wildman–Crippen MR) is 75.5 cm³/mol. The summed E-state index contributed by atoms with van der Waals surface area (Å²) >= 11 is 0. The fourth-order valence-electron chi connectivity index (χ4n) is 1.98. The highest BCUT2D eigenvalue weighted by Gasteiger charge is 2.26. The SMILES string of the molecule is CCNc1nc(NCC2CC(O)C2)nc(N(C)C)n1. The maximum absolute atomic E-state index is 9.26. The van der Waals surface area contributed by atoms with Crippen LogP contribution in [-0.4, -0.2) is 53.3 Å². The average Bonchev–Trinajstić information content (AvgIpc) is 2.33. The number of nitrogens with zero attached hydrogens (tertiary/aromatic N) is 4.